The second-order valence-corrected chi connectivity index (χ2v) is 5.04. The summed E-state index contributed by atoms with van der Waals surface area (Å²) in [6.07, 6.45) is 5.34. The van der Waals surface area contributed by atoms with Crippen LogP contribution in [0, 0.1) is 12.8 Å². The molecule has 18 heavy (non-hydrogen) atoms. The lowest BCUT2D eigenvalue weighted by Gasteiger charge is -2.23. The molecule has 0 nitrogen and oxygen atoms in total. The normalized spacial score (nSPS) is 11.9. The van der Waals surface area contributed by atoms with Crippen LogP contribution in [0.25, 0.3) is 0 Å². The van der Waals surface area contributed by atoms with Crippen molar-refractivity contribution in [2.45, 2.75) is 73.1 Å². The largest absolute Gasteiger partial charge is 0.0683 e. The number of aryl methyl sites for hydroxylation is 1. The molecule has 0 spiro atoms. The maximum absolute atomic E-state index is 2.39. The van der Waals surface area contributed by atoms with Crippen LogP contribution in [0.1, 0.15) is 77.3 Å². The van der Waals surface area contributed by atoms with Gasteiger partial charge in [-0.2, -0.15) is 0 Å². The molecule has 0 aliphatic heterocycles. The lowest BCUT2D eigenvalue weighted by molar-refractivity contribution is 0.380. The van der Waals surface area contributed by atoms with Gasteiger partial charge in [-0.1, -0.05) is 90.1 Å². The van der Waals surface area contributed by atoms with Gasteiger partial charge in [0.25, 0.3) is 0 Å². The third kappa shape index (κ3) is 5.71. The molecule has 0 aliphatic rings. The van der Waals surface area contributed by atoms with Crippen LogP contribution < -0.4 is 0 Å². The Labute approximate surface area is 115 Å². The minimum Gasteiger partial charge on any atom is -0.0683 e. The third-order valence-electron chi connectivity index (χ3n) is 3.63. The van der Waals surface area contributed by atoms with Crippen LogP contribution in [0.3, 0.4) is 0 Å². The Kier molecular flexibility index (Phi) is 9.73. The van der Waals surface area contributed by atoms with E-state index in [1.165, 1.54) is 36.8 Å². The molecule has 0 aromatic heterocycles. The molecule has 0 N–H and O–H groups in total. The van der Waals surface area contributed by atoms with Crippen LogP contribution in [0.4, 0.5) is 0 Å². The molecule has 1 atom stereocenters. The van der Waals surface area contributed by atoms with E-state index in [9.17, 15) is 0 Å². The van der Waals surface area contributed by atoms with E-state index in [1.54, 1.807) is 0 Å². The van der Waals surface area contributed by atoms with Crippen LogP contribution in [0.15, 0.2) is 24.3 Å². The first kappa shape index (κ1) is 17.2. The van der Waals surface area contributed by atoms with E-state index in [4.69, 9.17) is 0 Å². The highest BCUT2D eigenvalue weighted by Crippen LogP contribution is 2.31. The van der Waals surface area contributed by atoms with E-state index in [-0.39, 0.29) is 0 Å². The van der Waals surface area contributed by atoms with E-state index in [0.29, 0.717) is 5.92 Å². The average Bonchev–Trinajstić information content (AvgIpc) is 2.41. The van der Waals surface area contributed by atoms with Crippen LogP contribution in [-0.4, -0.2) is 0 Å². The first-order chi connectivity index (χ1) is 8.69. The van der Waals surface area contributed by atoms with Crippen molar-refractivity contribution in [1.82, 2.24) is 0 Å². The molecule has 1 rings (SSSR count). The Morgan fingerprint density at radius 1 is 0.889 bits per heavy atom. The van der Waals surface area contributed by atoms with Crippen molar-refractivity contribution < 1.29 is 0 Å². The molecule has 0 heteroatoms. The predicted molar refractivity (Wildman–Crippen MR) is 84.2 cm³/mol. The minimum atomic E-state index is 0.709. The van der Waals surface area contributed by atoms with Gasteiger partial charge in [-0.25, -0.2) is 0 Å². The van der Waals surface area contributed by atoms with Crippen molar-refractivity contribution in [1.29, 1.82) is 0 Å². The molecule has 0 radical (unpaired) electrons. The summed E-state index contributed by atoms with van der Waals surface area (Å²) >= 11 is 0. The summed E-state index contributed by atoms with van der Waals surface area (Å²) in [5, 5.41) is 0. The molecule has 0 saturated heterocycles. The lowest BCUT2D eigenvalue weighted by Crippen LogP contribution is -2.10. The smallest absolute Gasteiger partial charge is 0.0162 e. The molecule has 0 aliphatic carbocycles. The molecule has 1 aromatic rings. The van der Waals surface area contributed by atoms with Crippen molar-refractivity contribution in [3.63, 3.8) is 0 Å². The molecule has 0 bridgehead atoms. The Bertz CT molecular complexity index is 277. The molecular weight excluding hydrogens is 216 g/mol. The molecule has 0 amide bonds. The van der Waals surface area contributed by atoms with Crippen molar-refractivity contribution in [2.24, 2.45) is 5.92 Å². The molecule has 104 valence electrons. The first-order valence-corrected chi connectivity index (χ1v) is 7.75. The minimum absolute atomic E-state index is 0.709. The molecule has 0 heterocycles. The van der Waals surface area contributed by atoms with Gasteiger partial charge in [-0.3, -0.25) is 0 Å². The van der Waals surface area contributed by atoms with Gasteiger partial charge in [0.15, 0.2) is 0 Å². The fourth-order valence-corrected chi connectivity index (χ4v) is 2.53. The van der Waals surface area contributed by atoms with E-state index in [2.05, 4.69) is 52.0 Å². The van der Waals surface area contributed by atoms with E-state index >= 15 is 0 Å². The Morgan fingerprint density at radius 2 is 1.33 bits per heavy atom. The number of rotatable bonds is 6. The van der Waals surface area contributed by atoms with E-state index in [1.807, 2.05) is 13.8 Å². The van der Waals surface area contributed by atoms with Crippen LogP contribution >= 0.6 is 0 Å². The standard InChI is InChI=1S/C16H26.C2H6/c1-5-7-15(8-6-2)14(4)16-11-9-13(3)10-12-16;1-2/h9-12,14-15H,5-8H2,1-4H3;1-2H3. The zero-order valence-corrected chi connectivity index (χ0v) is 13.3. The zero-order chi connectivity index (χ0) is 14.0. The number of hydrogen-bond donors (Lipinski definition) is 0. The molecular formula is C18H32. The highest BCUT2D eigenvalue weighted by molar-refractivity contribution is 5.24. The van der Waals surface area contributed by atoms with Crippen LogP contribution in [0.2, 0.25) is 0 Å². The van der Waals surface area contributed by atoms with Crippen molar-refractivity contribution >= 4 is 0 Å². The summed E-state index contributed by atoms with van der Waals surface area (Å²) in [6.45, 7) is 13.1. The quantitative estimate of drug-likeness (QED) is 0.551. The van der Waals surface area contributed by atoms with E-state index < -0.39 is 0 Å². The number of benzene rings is 1. The average molecular weight is 248 g/mol. The van der Waals surface area contributed by atoms with Crippen molar-refractivity contribution in [3.8, 4) is 0 Å². The van der Waals surface area contributed by atoms with Crippen molar-refractivity contribution in [3.05, 3.63) is 35.4 Å². The van der Waals surface area contributed by atoms with Crippen molar-refractivity contribution in [2.75, 3.05) is 0 Å². The van der Waals surface area contributed by atoms with Gasteiger partial charge >= 0.3 is 0 Å². The topological polar surface area (TPSA) is 0 Å². The van der Waals surface area contributed by atoms with Crippen LogP contribution in [-0.2, 0) is 0 Å². The molecule has 0 saturated carbocycles. The molecule has 0 fully saturated rings. The van der Waals surface area contributed by atoms with E-state index in [0.717, 1.165) is 5.92 Å². The second kappa shape index (κ2) is 10.2. The summed E-state index contributed by atoms with van der Waals surface area (Å²) in [6, 6.07) is 9.08. The van der Waals surface area contributed by atoms with Gasteiger partial charge in [0.1, 0.15) is 0 Å². The summed E-state index contributed by atoms with van der Waals surface area (Å²) in [5.41, 5.74) is 2.87. The summed E-state index contributed by atoms with van der Waals surface area (Å²) in [4.78, 5) is 0. The Hall–Kier alpha value is -0.780. The monoisotopic (exact) mass is 248 g/mol. The summed E-state index contributed by atoms with van der Waals surface area (Å²) in [5.74, 6) is 1.57. The zero-order valence-electron chi connectivity index (χ0n) is 13.3. The highest BCUT2D eigenvalue weighted by atomic mass is 14.2. The fourth-order valence-electron chi connectivity index (χ4n) is 2.53. The van der Waals surface area contributed by atoms with Gasteiger partial charge in [0.2, 0.25) is 0 Å². The molecule has 1 aromatic carbocycles. The summed E-state index contributed by atoms with van der Waals surface area (Å²) in [7, 11) is 0. The van der Waals surface area contributed by atoms with Crippen LogP contribution in [0.5, 0.6) is 0 Å². The predicted octanol–water partition coefficient (Wildman–Crippen LogP) is 6.34. The highest BCUT2D eigenvalue weighted by Gasteiger charge is 2.16. The van der Waals surface area contributed by atoms with Gasteiger partial charge in [0, 0.05) is 0 Å². The maximum atomic E-state index is 2.39. The molecule has 1 unspecified atom stereocenters. The Balaban J connectivity index is 0.00000137. The van der Waals surface area contributed by atoms with Gasteiger partial charge in [0.05, 0.1) is 0 Å². The van der Waals surface area contributed by atoms with Gasteiger partial charge in [-0.15, -0.1) is 0 Å². The third-order valence-corrected chi connectivity index (χ3v) is 3.63. The number of hydrogen-bond acceptors (Lipinski definition) is 0. The Morgan fingerprint density at radius 3 is 1.72 bits per heavy atom. The SMILES string of the molecule is CC.CCCC(CCC)C(C)c1ccc(C)cc1. The van der Waals surface area contributed by atoms with Gasteiger partial charge < -0.3 is 0 Å². The first-order valence-electron chi connectivity index (χ1n) is 7.75. The summed E-state index contributed by atoms with van der Waals surface area (Å²) < 4.78 is 0. The van der Waals surface area contributed by atoms with Gasteiger partial charge in [-0.05, 0) is 24.3 Å². The fraction of sp³-hybridized carbons (Fsp3) is 0.667. The maximum Gasteiger partial charge on any atom is -0.0162 e. The lowest BCUT2D eigenvalue weighted by atomic mass is 9.82. The second-order valence-electron chi connectivity index (χ2n) is 5.04.